The van der Waals surface area contributed by atoms with Crippen molar-refractivity contribution in [2.45, 2.75) is 27.7 Å². The van der Waals surface area contributed by atoms with Gasteiger partial charge in [-0.15, -0.1) is 0 Å². The van der Waals surface area contributed by atoms with Crippen molar-refractivity contribution in [1.82, 2.24) is 10.2 Å². The second-order valence-corrected chi connectivity index (χ2v) is 5.32. The maximum atomic E-state index is 12.3. The van der Waals surface area contributed by atoms with Gasteiger partial charge < -0.3 is 9.47 Å². The van der Waals surface area contributed by atoms with Crippen molar-refractivity contribution in [3.05, 3.63) is 42.9 Å². The molecular weight excluding hydrogens is 346 g/mol. The van der Waals surface area contributed by atoms with E-state index in [4.69, 9.17) is 9.47 Å². The number of ether oxygens (including phenoxy) is 2. The summed E-state index contributed by atoms with van der Waals surface area (Å²) in [5.74, 6) is -1.71. The maximum Gasteiger partial charge on any atom is 0.359 e. The van der Waals surface area contributed by atoms with E-state index in [1.807, 2.05) is 0 Å². The molecule has 0 spiro atoms. The van der Waals surface area contributed by atoms with Gasteiger partial charge in [0.05, 0.1) is 29.1 Å². The summed E-state index contributed by atoms with van der Waals surface area (Å²) >= 11 is 0. The summed E-state index contributed by atoms with van der Waals surface area (Å²) in [6.45, 7) is 6.05. The summed E-state index contributed by atoms with van der Waals surface area (Å²) in [5, 5.41) is 17.0. The lowest BCUT2D eigenvalue weighted by molar-refractivity contribution is -0.383. The number of aromatic amines is 1. The number of hydrogen-bond acceptors (Lipinski definition) is 8. The van der Waals surface area contributed by atoms with Crippen molar-refractivity contribution < 1.29 is 24.0 Å². The van der Waals surface area contributed by atoms with E-state index in [9.17, 15) is 24.5 Å². The summed E-state index contributed by atoms with van der Waals surface area (Å²) in [5.41, 5.74) is -1.66. The topological polar surface area (TPSA) is 141 Å². The van der Waals surface area contributed by atoms with Gasteiger partial charge in [-0.1, -0.05) is 0 Å². The molecule has 0 radical (unpaired) electrons. The molecular formula is C16H17N3O7. The van der Waals surface area contributed by atoms with Crippen LogP contribution in [0.2, 0.25) is 0 Å². The number of nitro benzene ring substituents is 1. The van der Waals surface area contributed by atoms with Crippen molar-refractivity contribution >= 4 is 28.4 Å². The van der Waals surface area contributed by atoms with Crippen molar-refractivity contribution in [3.8, 4) is 0 Å². The minimum Gasteiger partial charge on any atom is -0.462 e. The van der Waals surface area contributed by atoms with E-state index in [0.29, 0.717) is 0 Å². The van der Waals surface area contributed by atoms with Crippen LogP contribution in [-0.2, 0) is 9.47 Å². The highest BCUT2D eigenvalue weighted by molar-refractivity contribution is 6.11. The van der Waals surface area contributed by atoms with Crippen LogP contribution in [-0.4, -0.2) is 40.3 Å². The highest BCUT2D eigenvalue weighted by Crippen LogP contribution is 2.35. The molecule has 0 bridgehead atoms. The second kappa shape index (κ2) is 7.30. The van der Waals surface area contributed by atoms with Gasteiger partial charge in [-0.2, -0.15) is 5.10 Å². The number of nitro groups is 1. The van der Waals surface area contributed by atoms with Crippen LogP contribution in [0.1, 0.15) is 45.8 Å². The average Bonchev–Trinajstić information content (AvgIpc) is 2.54. The number of benzene rings is 1. The molecule has 0 atom stereocenters. The number of aryl methyl sites for hydroxylation is 1. The number of aromatic nitrogens is 2. The summed E-state index contributed by atoms with van der Waals surface area (Å²) in [4.78, 5) is 47.7. The molecule has 2 aromatic rings. The molecule has 0 amide bonds. The molecule has 26 heavy (non-hydrogen) atoms. The fourth-order valence-electron chi connectivity index (χ4n) is 2.84. The van der Waals surface area contributed by atoms with E-state index >= 15 is 0 Å². The first-order valence-electron chi connectivity index (χ1n) is 7.80. The highest BCUT2D eigenvalue weighted by Gasteiger charge is 2.32. The normalized spacial score (nSPS) is 10.6. The Morgan fingerprint density at radius 3 is 2.19 bits per heavy atom. The SMILES string of the molecule is CCOC(=O)c1c(C)c([N+](=O)[O-])c2c(C(=O)OCC)n[nH]c(=O)c2c1C. The Balaban J connectivity index is 3.07. The third-order valence-corrected chi connectivity index (χ3v) is 3.83. The van der Waals surface area contributed by atoms with Gasteiger partial charge in [0.1, 0.15) is 5.39 Å². The molecule has 138 valence electrons. The van der Waals surface area contributed by atoms with Gasteiger partial charge >= 0.3 is 11.9 Å². The lowest BCUT2D eigenvalue weighted by Gasteiger charge is -2.14. The van der Waals surface area contributed by atoms with Gasteiger partial charge in [-0.3, -0.25) is 14.9 Å². The zero-order valence-corrected chi connectivity index (χ0v) is 14.7. The molecule has 1 aromatic carbocycles. The lowest BCUT2D eigenvalue weighted by atomic mass is 9.93. The Kier molecular flexibility index (Phi) is 5.34. The Hall–Kier alpha value is -3.30. The van der Waals surface area contributed by atoms with Crippen LogP contribution in [0.15, 0.2) is 4.79 Å². The average molecular weight is 363 g/mol. The number of H-pyrrole nitrogens is 1. The predicted octanol–water partition coefficient (Wildman–Crippen LogP) is 1.80. The molecule has 0 unspecified atom stereocenters. The molecule has 0 fully saturated rings. The fraction of sp³-hybridized carbons (Fsp3) is 0.375. The minimum atomic E-state index is -0.917. The van der Waals surface area contributed by atoms with Crippen molar-refractivity contribution in [2.75, 3.05) is 13.2 Å². The van der Waals surface area contributed by atoms with Gasteiger partial charge in [-0.05, 0) is 33.3 Å². The van der Waals surface area contributed by atoms with E-state index in [0.717, 1.165) is 0 Å². The van der Waals surface area contributed by atoms with Gasteiger partial charge in [-0.25, -0.2) is 14.7 Å². The van der Waals surface area contributed by atoms with Gasteiger partial charge in [0.2, 0.25) is 0 Å². The van der Waals surface area contributed by atoms with Crippen LogP contribution >= 0.6 is 0 Å². The number of rotatable bonds is 5. The van der Waals surface area contributed by atoms with Crippen LogP contribution in [0.3, 0.4) is 0 Å². The summed E-state index contributed by atoms with van der Waals surface area (Å²) in [6, 6.07) is 0. The van der Waals surface area contributed by atoms with Crippen molar-refractivity contribution in [3.63, 3.8) is 0 Å². The number of carbonyl (C=O) groups is 2. The standard InChI is InChI=1S/C16H17N3O7/c1-5-25-15(21)9-7(3)10-11(13(8(9)4)19(23)24)12(16(22)26-6-2)17-18-14(10)20/h5-6H2,1-4H3,(H,18,20). The molecule has 0 saturated heterocycles. The molecule has 1 N–H and O–H groups in total. The van der Waals surface area contributed by atoms with Crippen molar-refractivity contribution in [2.24, 2.45) is 0 Å². The summed E-state index contributed by atoms with van der Waals surface area (Å²) < 4.78 is 9.82. The first-order chi connectivity index (χ1) is 12.3. The Morgan fingerprint density at radius 2 is 1.65 bits per heavy atom. The van der Waals surface area contributed by atoms with Crippen molar-refractivity contribution in [1.29, 1.82) is 0 Å². The Morgan fingerprint density at radius 1 is 1.08 bits per heavy atom. The third kappa shape index (κ3) is 3.01. The van der Waals surface area contributed by atoms with Crippen LogP contribution < -0.4 is 5.56 Å². The van der Waals surface area contributed by atoms with E-state index < -0.39 is 33.8 Å². The Bertz CT molecular complexity index is 978. The first-order valence-corrected chi connectivity index (χ1v) is 7.80. The van der Waals surface area contributed by atoms with Crippen LogP contribution in [0.4, 0.5) is 5.69 Å². The lowest BCUT2D eigenvalue weighted by Crippen LogP contribution is -2.20. The third-order valence-electron chi connectivity index (χ3n) is 3.83. The Labute approximate surface area is 147 Å². The number of esters is 2. The number of carbonyl (C=O) groups excluding carboxylic acids is 2. The van der Waals surface area contributed by atoms with Crippen LogP contribution in [0.25, 0.3) is 10.8 Å². The molecule has 0 aliphatic heterocycles. The van der Waals surface area contributed by atoms with Gasteiger partial charge in [0.25, 0.3) is 11.2 Å². The van der Waals surface area contributed by atoms with E-state index in [-0.39, 0.29) is 40.7 Å². The molecule has 10 heteroatoms. The van der Waals surface area contributed by atoms with E-state index in [1.54, 1.807) is 13.8 Å². The zero-order valence-electron chi connectivity index (χ0n) is 14.7. The predicted molar refractivity (Wildman–Crippen MR) is 90.4 cm³/mol. The van der Waals surface area contributed by atoms with E-state index in [1.165, 1.54) is 13.8 Å². The monoisotopic (exact) mass is 363 g/mol. The highest BCUT2D eigenvalue weighted by atomic mass is 16.6. The number of hydrogen-bond donors (Lipinski definition) is 1. The fourth-order valence-corrected chi connectivity index (χ4v) is 2.84. The molecule has 1 aromatic heterocycles. The zero-order chi connectivity index (χ0) is 19.6. The summed E-state index contributed by atoms with van der Waals surface area (Å²) in [6.07, 6.45) is 0. The second-order valence-electron chi connectivity index (χ2n) is 5.32. The number of nitrogens with zero attached hydrogens (tertiary/aromatic N) is 2. The molecule has 0 aliphatic rings. The molecule has 10 nitrogen and oxygen atoms in total. The number of fused-ring (bicyclic) bond motifs is 1. The quantitative estimate of drug-likeness (QED) is 0.481. The smallest absolute Gasteiger partial charge is 0.359 e. The molecule has 0 saturated carbocycles. The van der Waals surface area contributed by atoms with Gasteiger partial charge in [0, 0.05) is 5.56 Å². The first kappa shape index (κ1) is 19.0. The largest absolute Gasteiger partial charge is 0.462 e. The molecule has 2 rings (SSSR count). The van der Waals surface area contributed by atoms with Crippen LogP contribution in [0.5, 0.6) is 0 Å². The maximum absolute atomic E-state index is 12.3. The number of nitrogens with one attached hydrogen (secondary N) is 1. The molecule has 0 aliphatic carbocycles. The van der Waals surface area contributed by atoms with Gasteiger partial charge in [0.15, 0.2) is 5.69 Å². The minimum absolute atomic E-state index is 0.0172. The summed E-state index contributed by atoms with van der Waals surface area (Å²) in [7, 11) is 0. The van der Waals surface area contributed by atoms with Crippen LogP contribution in [0, 0.1) is 24.0 Å². The molecule has 1 heterocycles. The van der Waals surface area contributed by atoms with E-state index in [2.05, 4.69) is 10.2 Å².